The quantitative estimate of drug-likeness (QED) is 0.791. The van der Waals surface area contributed by atoms with E-state index in [0.717, 1.165) is 31.7 Å². The summed E-state index contributed by atoms with van der Waals surface area (Å²) in [5, 5.41) is 6.07. The molecule has 0 aliphatic carbocycles. The number of rotatable bonds is 6. The number of hydrogen-bond acceptors (Lipinski definition) is 3. The van der Waals surface area contributed by atoms with Crippen LogP contribution in [0.3, 0.4) is 0 Å². The van der Waals surface area contributed by atoms with Crippen molar-refractivity contribution in [2.24, 2.45) is 0 Å². The summed E-state index contributed by atoms with van der Waals surface area (Å²) < 4.78 is 5.62. The van der Waals surface area contributed by atoms with E-state index in [-0.39, 0.29) is 18.3 Å². The van der Waals surface area contributed by atoms with E-state index in [4.69, 9.17) is 4.74 Å². The monoisotopic (exact) mass is 298 g/mol. The average Bonchev–Trinajstić information content (AvgIpc) is 2.45. The highest BCUT2D eigenvalue weighted by molar-refractivity contribution is 5.85. The van der Waals surface area contributed by atoms with Gasteiger partial charge in [-0.2, -0.15) is 0 Å². The summed E-state index contributed by atoms with van der Waals surface area (Å²) in [6.07, 6.45) is 2.44. The molecule has 1 atom stereocenters. The van der Waals surface area contributed by atoms with Crippen LogP contribution in [0, 0.1) is 0 Å². The number of carbonyl (C=O) groups excluding carboxylic acids is 1. The first-order valence-electron chi connectivity index (χ1n) is 6.94. The average molecular weight is 299 g/mol. The minimum atomic E-state index is 0. The Bertz CT molecular complexity index is 426. The summed E-state index contributed by atoms with van der Waals surface area (Å²) in [7, 11) is 1.90. The molecule has 0 saturated heterocycles. The Morgan fingerprint density at radius 3 is 3.00 bits per heavy atom. The van der Waals surface area contributed by atoms with Crippen LogP contribution in [0.25, 0.3) is 0 Å². The molecular weight excluding hydrogens is 276 g/mol. The SMILES string of the molecule is CNCCCC(=O)NCC1CCOc2ccccc21.Cl. The number of halogens is 1. The van der Waals surface area contributed by atoms with E-state index in [2.05, 4.69) is 16.7 Å². The number of hydrogen-bond donors (Lipinski definition) is 2. The predicted octanol–water partition coefficient (Wildman–Crippen LogP) is 2.09. The standard InChI is InChI=1S/C15H22N2O2.ClH/c1-16-9-4-7-15(18)17-11-12-8-10-19-14-6-3-2-5-13(12)14;/h2-3,5-6,12,16H,4,7-11H2,1H3,(H,17,18);1H. The maximum absolute atomic E-state index is 11.7. The van der Waals surface area contributed by atoms with Gasteiger partial charge >= 0.3 is 0 Å². The Kier molecular flexibility index (Phi) is 7.41. The highest BCUT2D eigenvalue weighted by Gasteiger charge is 2.21. The van der Waals surface area contributed by atoms with Gasteiger partial charge in [0.25, 0.3) is 0 Å². The van der Waals surface area contributed by atoms with Crippen LogP contribution in [0.5, 0.6) is 5.75 Å². The lowest BCUT2D eigenvalue weighted by molar-refractivity contribution is -0.121. The molecule has 0 bridgehead atoms. The molecule has 0 aromatic heterocycles. The highest BCUT2D eigenvalue weighted by Crippen LogP contribution is 2.32. The van der Waals surface area contributed by atoms with E-state index in [1.807, 2.05) is 25.2 Å². The van der Waals surface area contributed by atoms with Crippen molar-refractivity contribution < 1.29 is 9.53 Å². The number of amides is 1. The van der Waals surface area contributed by atoms with Gasteiger partial charge in [-0.1, -0.05) is 18.2 Å². The summed E-state index contributed by atoms with van der Waals surface area (Å²) in [5.41, 5.74) is 1.21. The summed E-state index contributed by atoms with van der Waals surface area (Å²) >= 11 is 0. The molecule has 20 heavy (non-hydrogen) atoms. The van der Waals surface area contributed by atoms with E-state index < -0.39 is 0 Å². The van der Waals surface area contributed by atoms with E-state index in [9.17, 15) is 4.79 Å². The number of nitrogens with one attached hydrogen (secondary N) is 2. The minimum Gasteiger partial charge on any atom is -0.493 e. The van der Waals surface area contributed by atoms with Gasteiger partial charge in [0.15, 0.2) is 0 Å². The van der Waals surface area contributed by atoms with Crippen LogP contribution in [0.2, 0.25) is 0 Å². The van der Waals surface area contributed by atoms with Gasteiger partial charge in [0.2, 0.25) is 5.91 Å². The number of fused-ring (bicyclic) bond motifs is 1. The van der Waals surface area contributed by atoms with E-state index in [0.29, 0.717) is 18.9 Å². The van der Waals surface area contributed by atoms with Crippen LogP contribution in [0.1, 0.15) is 30.7 Å². The molecule has 5 heteroatoms. The molecule has 2 rings (SSSR count). The zero-order valence-electron chi connectivity index (χ0n) is 11.9. The second kappa shape index (κ2) is 8.82. The molecule has 4 nitrogen and oxygen atoms in total. The Hall–Kier alpha value is -1.26. The molecule has 0 saturated carbocycles. The second-order valence-electron chi connectivity index (χ2n) is 4.88. The van der Waals surface area contributed by atoms with Crippen molar-refractivity contribution in [3.05, 3.63) is 29.8 Å². The van der Waals surface area contributed by atoms with Gasteiger partial charge in [-0.25, -0.2) is 0 Å². The van der Waals surface area contributed by atoms with Crippen LogP contribution >= 0.6 is 12.4 Å². The number of benzene rings is 1. The van der Waals surface area contributed by atoms with Crippen LogP contribution in [0.15, 0.2) is 24.3 Å². The molecule has 1 aromatic carbocycles. The minimum absolute atomic E-state index is 0. The Labute approximate surface area is 126 Å². The molecule has 1 unspecified atom stereocenters. The molecular formula is C15H23ClN2O2. The van der Waals surface area contributed by atoms with Crippen molar-refractivity contribution in [3.63, 3.8) is 0 Å². The fourth-order valence-corrected chi connectivity index (χ4v) is 2.38. The van der Waals surface area contributed by atoms with Crippen molar-refractivity contribution in [1.29, 1.82) is 0 Å². The van der Waals surface area contributed by atoms with Gasteiger partial charge in [-0.3, -0.25) is 4.79 Å². The van der Waals surface area contributed by atoms with Crippen LogP contribution in [-0.2, 0) is 4.79 Å². The molecule has 0 radical (unpaired) electrons. The Morgan fingerprint density at radius 1 is 1.40 bits per heavy atom. The molecule has 1 aromatic rings. The number of carbonyl (C=O) groups is 1. The smallest absolute Gasteiger partial charge is 0.220 e. The topological polar surface area (TPSA) is 50.4 Å². The Morgan fingerprint density at radius 2 is 2.20 bits per heavy atom. The van der Waals surface area contributed by atoms with Gasteiger partial charge in [-0.05, 0) is 38.1 Å². The normalized spacial score (nSPS) is 16.6. The molecule has 0 fully saturated rings. The van der Waals surface area contributed by atoms with Crippen molar-refractivity contribution in [2.45, 2.75) is 25.2 Å². The lowest BCUT2D eigenvalue weighted by Crippen LogP contribution is -2.31. The van der Waals surface area contributed by atoms with Crippen LogP contribution in [0.4, 0.5) is 0 Å². The molecule has 1 aliphatic heterocycles. The summed E-state index contributed by atoms with van der Waals surface area (Å²) in [6.45, 7) is 2.32. The van der Waals surface area contributed by atoms with E-state index in [1.54, 1.807) is 0 Å². The molecule has 1 aliphatic rings. The fourth-order valence-electron chi connectivity index (χ4n) is 2.38. The van der Waals surface area contributed by atoms with Gasteiger partial charge in [0.1, 0.15) is 5.75 Å². The Balaban J connectivity index is 0.00000200. The van der Waals surface area contributed by atoms with Crippen molar-refractivity contribution >= 4 is 18.3 Å². The predicted molar refractivity (Wildman–Crippen MR) is 82.7 cm³/mol. The zero-order valence-corrected chi connectivity index (χ0v) is 12.7. The van der Waals surface area contributed by atoms with Gasteiger partial charge in [-0.15, -0.1) is 12.4 Å². The van der Waals surface area contributed by atoms with Crippen LogP contribution in [-0.4, -0.2) is 32.7 Å². The van der Waals surface area contributed by atoms with Crippen molar-refractivity contribution in [1.82, 2.24) is 10.6 Å². The summed E-state index contributed by atoms with van der Waals surface area (Å²) in [4.78, 5) is 11.7. The lowest BCUT2D eigenvalue weighted by atomic mass is 9.93. The molecule has 1 amide bonds. The number of ether oxygens (including phenoxy) is 1. The second-order valence-corrected chi connectivity index (χ2v) is 4.88. The first-order chi connectivity index (χ1) is 9.31. The maximum atomic E-state index is 11.7. The van der Waals surface area contributed by atoms with Gasteiger partial charge < -0.3 is 15.4 Å². The highest BCUT2D eigenvalue weighted by atomic mass is 35.5. The van der Waals surface area contributed by atoms with Gasteiger partial charge in [0, 0.05) is 18.9 Å². The lowest BCUT2D eigenvalue weighted by Gasteiger charge is -2.26. The fraction of sp³-hybridized carbons (Fsp3) is 0.533. The largest absolute Gasteiger partial charge is 0.493 e. The first kappa shape index (κ1) is 16.8. The van der Waals surface area contributed by atoms with Crippen molar-refractivity contribution in [2.75, 3.05) is 26.7 Å². The van der Waals surface area contributed by atoms with E-state index in [1.165, 1.54) is 5.56 Å². The summed E-state index contributed by atoms with van der Waals surface area (Å²) in [5.74, 6) is 1.47. The molecule has 112 valence electrons. The molecule has 2 N–H and O–H groups in total. The molecule has 1 heterocycles. The third-order valence-electron chi connectivity index (χ3n) is 3.46. The third-order valence-corrected chi connectivity index (χ3v) is 3.46. The number of para-hydroxylation sites is 1. The first-order valence-corrected chi connectivity index (χ1v) is 6.94. The van der Waals surface area contributed by atoms with Crippen molar-refractivity contribution in [3.8, 4) is 5.75 Å². The zero-order chi connectivity index (χ0) is 13.5. The summed E-state index contributed by atoms with van der Waals surface area (Å²) in [6, 6.07) is 8.09. The third kappa shape index (κ3) is 4.69. The van der Waals surface area contributed by atoms with E-state index >= 15 is 0 Å². The van der Waals surface area contributed by atoms with Crippen LogP contribution < -0.4 is 15.4 Å². The molecule has 0 spiro atoms. The van der Waals surface area contributed by atoms with Gasteiger partial charge in [0.05, 0.1) is 6.61 Å². The maximum Gasteiger partial charge on any atom is 0.220 e.